The van der Waals surface area contributed by atoms with Crippen LogP contribution in [-0.4, -0.2) is 18.6 Å². The molecule has 2 aromatic rings. The zero-order chi connectivity index (χ0) is 11.3. The van der Waals surface area contributed by atoms with E-state index in [2.05, 4.69) is 44.4 Å². The van der Waals surface area contributed by atoms with Crippen molar-refractivity contribution in [2.24, 2.45) is 0 Å². The maximum absolute atomic E-state index is 6.50. The molecule has 0 N–H and O–H groups in total. The largest absolute Gasteiger partial charge is 1.00 e. The molecule has 1 heterocycles. The molecule has 0 bridgehead atoms. The molecule has 0 radical (unpaired) electrons. The standard InChI is InChI=1S/C14H15ClN.HI/c1-16(2)8-11-7-10-5-3-4-6-12(10)14(15)13(11)9-16;/h3-7H,8-9H2,1-2H3;1H/q+1;/p-1. The van der Waals surface area contributed by atoms with Gasteiger partial charge in [-0.25, -0.2) is 0 Å². The number of fused-ring (bicyclic) bond motifs is 2. The van der Waals surface area contributed by atoms with Gasteiger partial charge in [0.1, 0.15) is 13.1 Å². The van der Waals surface area contributed by atoms with Crippen LogP contribution in [0.15, 0.2) is 30.3 Å². The van der Waals surface area contributed by atoms with Crippen molar-refractivity contribution in [1.82, 2.24) is 0 Å². The molecule has 0 aliphatic carbocycles. The van der Waals surface area contributed by atoms with Gasteiger partial charge in [-0.3, -0.25) is 0 Å². The predicted octanol–water partition coefficient (Wildman–Crippen LogP) is 0.587. The molecule has 0 saturated carbocycles. The molecule has 2 aromatic carbocycles. The van der Waals surface area contributed by atoms with Crippen molar-refractivity contribution in [3.63, 3.8) is 0 Å². The van der Waals surface area contributed by atoms with E-state index in [9.17, 15) is 0 Å². The molecule has 17 heavy (non-hydrogen) atoms. The fourth-order valence-corrected chi connectivity index (χ4v) is 3.01. The Kier molecular flexibility index (Phi) is 3.40. The van der Waals surface area contributed by atoms with Crippen molar-refractivity contribution in [2.75, 3.05) is 14.1 Å². The molecule has 1 aliphatic rings. The summed E-state index contributed by atoms with van der Waals surface area (Å²) in [5, 5.41) is 3.40. The summed E-state index contributed by atoms with van der Waals surface area (Å²) in [5.74, 6) is 0. The van der Waals surface area contributed by atoms with E-state index in [0.29, 0.717) is 0 Å². The highest BCUT2D eigenvalue weighted by molar-refractivity contribution is 6.36. The molecule has 0 spiro atoms. The van der Waals surface area contributed by atoms with Gasteiger partial charge in [-0.05, 0) is 11.5 Å². The minimum absolute atomic E-state index is 0. The second-order valence-corrected chi connectivity index (χ2v) is 5.68. The second kappa shape index (κ2) is 4.41. The highest BCUT2D eigenvalue weighted by atomic mass is 127. The Hall–Kier alpha value is -0.320. The van der Waals surface area contributed by atoms with E-state index in [-0.39, 0.29) is 24.0 Å². The first-order valence-electron chi connectivity index (χ1n) is 5.58. The number of rotatable bonds is 0. The molecule has 0 aromatic heterocycles. The molecule has 90 valence electrons. The van der Waals surface area contributed by atoms with Crippen molar-refractivity contribution in [3.05, 3.63) is 46.5 Å². The molecule has 0 fully saturated rings. The fourth-order valence-electron chi connectivity index (χ4n) is 2.66. The van der Waals surface area contributed by atoms with Crippen molar-refractivity contribution < 1.29 is 28.5 Å². The summed E-state index contributed by atoms with van der Waals surface area (Å²) in [7, 11) is 4.50. The third-order valence-electron chi connectivity index (χ3n) is 3.36. The highest BCUT2D eigenvalue weighted by Gasteiger charge is 2.30. The fraction of sp³-hybridized carbons (Fsp3) is 0.286. The Morgan fingerprint density at radius 1 is 1.12 bits per heavy atom. The second-order valence-electron chi connectivity index (χ2n) is 5.30. The summed E-state index contributed by atoms with van der Waals surface area (Å²) in [6.07, 6.45) is 0. The van der Waals surface area contributed by atoms with Crippen LogP contribution in [0.3, 0.4) is 0 Å². The number of nitrogens with zero attached hydrogens (tertiary/aromatic N) is 1. The topological polar surface area (TPSA) is 0 Å². The van der Waals surface area contributed by atoms with Gasteiger partial charge >= 0.3 is 0 Å². The van der Waals surface area contributed by atoms with E-state index in [0.717, 1.165) is 22.6 Å². The average molecular weight is 360 g/mol. The lowest BCUT2D eigenvalue weighted by molar-refractivity contribution is -0.910. The van der Waals surface area contributed by atoms with Crippen LogP contribution >= 0.6 is 11.6 Å². The number of hydrogen-bond donors (Lipinski definition) is 0. The van der Waals surface area contributed by atoms with Gasteiger partial charge in [-0.1, -0.05) is 35.9 Å². The van der Waals surface area contributed by atoms with Crippen LogP contribution in [0, 0.1) is 0 Å². The summed E-state index contributed by atoms with van der Waals surface area (Å²) in [6, 6.07) is 10.7. The molecular weight excluding hydrogens is 345 g/mol. The monoisotopic (exact) mass is 359 g/mol. The van der Waals surface area contributed by atoms with Crippen molar-refractivity contribution >= 4 is 22.4 Å². The Balaban J connectivity index is 0.00000108. The molecule has 0 saturated heterocycles. The van der Waals surface area contributed by atoms with E-state index in [1.54, 1.807) is 0 Å². The lowest BCUT2D eigenvalue weighted by atomic mass is 10.0. The van der Waals surface area contributed by atoms with Gasteiger partial charge in [0.2, 0.25) is 0 Å². The predicted molar refractivity (Wildman–Crippen MR) is 68.5 cm³/mol. The van der Waals surface area contributed by atoms with Crippen LogP contribution in [0.5, 0.6) is 0 Å². The zero-order valence-corrected chi connectivity index (χ0v) is 12.9. The molecule has 1 aliphatic heterocycles. The number of halogens is 2. The van der Waals surface area contributed by atoms with Crippen molar-refractivity contribution in [2.45, 2.75) is 13.1 Å². The summed E-state index contributed by atoms with van der Waals surface area (Å²) < 4.78 is 1.01. The third kappa shape index (κ3) is 2.18. The first-order valence-corrected chi connectivity index (χ1v) is 5.96. The van der Waals surface area contributed by atoms with Crippen LogP contribution in [0.4, 0.5) is 0 Å². The van der Waals surface area contributed by atoms with Crippen LogP contribution in [0.2, 0.25) is 5.02 Å². The maximum atomic E-state index is 6.50. The molecule has 1 nitrogen and oxygen atoms in total. The van der Waals surface area contributed by atoms with E-state index >= 15 is 0 Å². The van der Waals surface area contributed by atoms with Gasteiger partial charge in [-0.2, -0.15) is 0 Å². The van der Waals surface area contributed by atoms with E-state index in [4.69, 9.17) is 11.6 Å². The lowest BCUT2D eigenvalue weighted by Crippen LogP contribution is -3.00. The Morgan fingerprint density at radius 3 is 2.59 bits per heavy atom. The number of benzene rings is 2. The Labute approximate surface area is 124 Å². The first kappa shape index (κ1) is 13.1. The van der Waals surface area contributed by atoms with Crippen molar-refractivity contribution in [3.8, 4) is 0 Å². The summed E-state index contributed by atoms with van der Waals surface area (Å²) in [4.78, 5) is 0. The molecule has 3 rings (SSSR count). The number of quaternary nitrogens is 1. The maximum Gasteiger partial charge on any atom is 0.106 e. The van der Waals surface area contributed by atoms with Crippen LogP contribution in [0.1, 0.15) is 11.1 Å². The van der Waals surface area contributed by atoms with Gasteiger partial charge < -0.3 is 28.5 Å². The van der Waals surface area contributed by atoms with Gasteiger partial charge in [0.25, 0.3) is 0 Å². The number of hydrogen-bond acceptors (Lipinski definition) is 0. The van der Waals surface area contributed by atoms with Crippen LogP contribution in [0.25, 0.3) is 10.8 Å². The zero-order valence-electron chi connectivity index (χ0n) is 10.0. The Morgan fingerprint density at radius 2 is 1.82 bits per heavy atom. The third-order valence-corrected chi connectivity index (χ3v) is 3.80. The quantitative estimate of drug-likeness (QED) is 0.477. The van der Waals surface area contributed by atoms with Gasteiger partial charge in [0.05, 0.1) is 19.1 Å². The van der Waals surface area contributed by atoms with Crippen molar-refractivity contribution in [1.29, 1.82) is 0 Å². The summed E-state index contributed by atoms with van der Waals surface area (Å²) in [5.41, 5.74) is 2.75. The highest BCUT2D eigenvalue weighted by Crippen LogP contribution is 2.37. The molecular formula is C14H15ClIN. The normalized spacial score (nSPS) is 16.6. The Bertz CT molecular complexity index is 578. The van der Waals surface area contributed by atoms with Gasteiger partial charge in [0, 0.05) is 16.5 Å². The smallest absolute Gasteiger partial charge is 0.106 e. The van der Waals surface area contributed by atoms with Gasteiger partial charge in [0.15, 0.2) is 0 Å². The average Bonchev–Trinajstić information content (AvgIpc) is 2.53. The van der Waals surface area contributed by atoms with E-state index in [1.807, 2.05) is 0 Å². The van der Waals surface area contributed by atoms with Gasteiger partial charge in [-0.15, -0.1) is 0 Å². The van der Waals surface area contributed by atoms with E-state index < -0.39 is 0 Å². The first-order chi connectivity index (χ1) is 7.57. The van der Waals surface area contributed by atoms with Crippen LogP contribution in [-0.2, 0) is 13.1 Å². The molecule has 0 amide bonds. The minimum Gasteiger partial charge on any atom is -1.00 e. The summed E-state index contributed by atoms with van der Waals surface area (Å²) in [6.45, 7) is 2.12. The van der Waals surface area contributed by atoms with Crippen LogP contribution < -0.4 is 24.0 Å². The summed E-state index contributed by atoms with van der Waals surface area (Å²) >= 11 is 6.50. The minimum atomic E-state index is 0. The lowest BCUT2D eigenvalue weighted by Gasteiger charge is -2.22. The SMILES string of the molecule is C[N+]1(C)Cc2cc3ccccc3c(Cl)c2C1.[I-]. The van der Waals surface area contributed by atoms with E-state index in [1.165, 1.54) is 21.9 Å². The molecule has 0 unspecified atom stereocenters. The molecule has 0 atom stereocenters. The molecule has 3 heteroatoms.